The van der Waals surface area contributed by atoms with E-state index >= 15 is 0 Å². The molecule has 1 amide bonds. The molecule has 1 aliphatic heterocycles. The number of thiazole rings is 1. The van der Waals surface area contributed by atoms with Crippen LogP contribution >= 0.6 is 11.3 Å². The first-order valence-electron chi connectivity index (χ1n) is 9.34. The van der Waals surface area contributed by atoms with E-state index in [1.165, 1.54) is 11.3 Å². The van der Waals surface area contributed by atoms with Gasteiger partial charge in [-0.3, -0.25) is 4.79 Å². The average Bonchev–Trinajstić information content (AvgIpc) is 3.35. The van der Waals surface area contributed by atoms with Crippen molar-refractivity contribution in [3.05, 3.63) is 40.7 Å². The topological polar surface area (TPSA) is 80.5 Å². The van der Waals surface area contributed by atoms with Gasteiger partial charge < -0.3 is 28.3 Å². The second kappa shape index (κ2) is 8.76. The summed E-state index contributed by atoms with van der Waals surface area (Å²) < 4.78 is 29.8. The molecule has 0 saturated heterocycles. The van der Waals surface area contributed by atoms with Crippen LogP contribution in [0.2, 0.25) is 0 Å². The summed E-state index contributed by atoms with van der Waals surface area (Å²) >= 11 is 1.38. The van der Waals surface area contributed by atoms with Gasteiger partial charge in [-0.1, -0.05) is 17.4 Å². The van der Waals surface area contributed by atoms with Gasteiger partial charge in [0.2, 0.25) is 6.79 Å². The van der Waals surface area contributed by atoms with Gasteiger partial charge in [-0.15, -0.1) is 0 Å². The van der Waals surface area contributed by atoms with Gasteiger partial charge in [0.15, 0.2) is 16.3 Å². The number of methoxy groups -OCH3 is 3. The van der Waals surface area contributed by atoms with E-state index in [9.17, 15) is 4.79 Å². The molecule has 0 bridgehead atoms. The molecule has 9 heteroatoms. The summed E-state index contributed by atoms with van der Waals surface area (Å²) in [4.78, 5) is 17.7. The second-order valence-electron chi connectivity index (χ2n) is 6.55. The quantitative estimate of drug-likeness (QED) is 0.573. The molecular weight excluding hydrogens is 408 g/mol. The molecule has 4 rings (SSSR count). The third-order valence-corrected chi connectivity index (χ3v) is 5.82. The van der Waals surface area contributed by atoms with Crippen molar-refractivity contribution >= 4 is 27.5 Å². The van der Waals surface area contributed by atoms with E-state index in [1.807, 2.05) is 28.8 Å². The van der Waals surface area contributed by atoms with E-state index in [2.05, 4.69) is 4.99 Å². The first-order valence-corrected chi connectivity index (χ1v) is 10.2. The van der Waals surface area contributed by atoms with Gasteiger partial charge in [-0.05, 0) is 29.8 Å². The van der Waals surface area contributed by atoms with Gasteiger partial charge in [-0.25, -0.2) is 0 Å². The average molecular weight is 430 g/mol. The highest BCUT2D eigenvalue weighted by atomic mass is 32.1. The van der Waals surface area contributed by atoms with E-state index in [1.54, 1.807) is 27.4 Å². The largest absolute Gasteiger partial charge is 0.495 e. The summed E-state index contributed by atoms with van der Waals surface area (Å²) in [5, 5.41) is 0. The van der Waals surface area contributed by atoms with Gasteiger partial charge in [0.1, 0.15) is 21.7 Å². The van der Waals surface area contributed by atoms with E-state index in [0.29, 0.717) is 41.0 Å². The van der Waals surface area contributed by atoms with Gasteiger partial charge in [0, 0.05) is 13.7 Å². The highest BCUT2D eigenvalue weighted by Gasteiger charge is 2.17. The Morgan fingerprint density at radius 3 is 2.63 bits per heavy atom. The minimum absolute atomic E-state index is 0.156. The van der Waals surface area contributed by atoms with Crippen LogP contribution in [0.15, 0.2) is 35.3 Å². The van der Waals surface area contributed by atoms with Crippen molar-refractivity contribution in [2.24, 2.45) is 4.99 Å². The molecule has 0 aliphatic carbocycles. The Hall–Kier alpha value is -3.04. The fourth-order valence-corrected chi connectivity index (χ4v) is 4.48. The molecule has 0 atom stereocenters. The number of carbonyl (C=O) groups is 1. The molecule has 158 valence electrons. The Morgan fingerprint density at radius 2 is 1.87 bits per heavy atom. The SMILES string of the molecule is COCCn1c(=NC(=O)Cc2ccc3c(c2)OCO3)sc2c(OC)ccc(OC)c21. The number of hydrogen-bond acceptors (Lipinski definition) is 7. The van der Waals surface area contributed by atoms with Crippen LogP contribution in [0.4, 0.5) is 0 Å². The standard InChI is InChI=1S/C21H22N2O6S/c1-25-9-8-23-19-15(26-2)6-7-16(27-3)20(19)30-21(23)22-18(24)11-13-4-5-14-17(10-13)29-12-28-14/h4-7,10H,8-9,11-12H2,1-3H3. The molecule has 2 heterocycles. The van der Waals surface area contributed by atoms with Crippen LogP contribution in [0, 0.1) is 0 Å². The lowest BCUT2D eigenvalue weighted by molar-refractivity contribution is -0.117. The Morgan fingerprint density at radius 1 is 1.10 bits per heavy atom. The lowest BCUT2D eigenvalue weighted by Gasteiger charge is -2.09. The fraction of sp³-hybridized carbons (Fsp3) is 0.333. The van der Waals surface area contributed by atoms with Crippen LogP contribution < -0.4 is 23.7 Å². The number of rotatable bonds is 7. The second-order valence-corrected chi connectivity index (χ2v) is 7.52. The number of nitrogens with zero attached hydrogens (tertiary/aromatic N) is 2. The number of hydrogen-bond donors (Lipinski definition) is 0. The maximum absolute atomic E-state index is 12.8. The number of carbonyl (C=O) groups excluding carboxylic acids is 1. The maximum atomic E-state index is 12.8. The molecule has 1 aromatic heterocycles. The minimum atomic E-state index is -0.260. The molecule has 0 radical (unpaired) electrons. The van der Waals surface area contributed by atoms with Crippen molar-refractivity contribution in [3.63, 3.8) is 0 Å². The van der Waals surface area contributed by atoms with Crippen molar-refractivity contribution in [3.8, 4) is 23.0 Å². The van der Waals surface area contributed by atoms with Crippen LogP contribution in [-0.4, -0.2) is 45.2 Å². The Balaban J connectivity index is 1.74. The summed E-state index contributed by atoms with van der Waals surface area (Å²) in [7, 11) is 4.86. The van der Waals surface area contributed by atoms with Crippen LogP contribution in [0.3, 0.4) is 0 Å². The van der Waals surface area contributed by atoms with Crippen LogP contribution in [-0.2, 0) is 22.5 Å². The monoisotopic (exact) mass is 430 g/mol. The summed E-state index contributed by atoms with van der Waals surface area (Å²) in [5.74, 6) is 2.45. The summed E-state index contributed by atoms with van der Waals surface area (Å²) in [6.07, 6.45) is 0.156. The predicted octanol–water partition coefficient (Wildman–Crippen LogP) is 2.77. The number of amides is 1. The van der Waals surface area contributed by atoms with E-state index in [4.69, 9.17) is 23.7 Å². The molecule has 3 aromatic rings. The van der Waals surface area contributed by atoms with Gasteiger partial charge in [-0.2, -0.15) is 4.99 Å². The molecule has 30 heavy (non-hydrogen) atoms. The normalized spacial score (nSPS) is 13.1. The first kappa shape index (κ1) is 20.2. The minimum Gasteiger partial charge on any atom is -0.495 e. The van der Waals surface area contributed by atoms with Crippen molar-refractivity contribution in [2.75, 3.05) is 34.7 Å². The molecule has 0 N–H and O–H groups in total. The lowest BCUT2D eigenvalue weighted by atomic mass is 10.1. The zero-order chi connectivity index (χ0) is 21.1. The molecule has 8 nitrogen and oxygen atoms in total. The molecular formula is C21H22N2O6S. The zero-order valence-electron chi connectivity index (χ0n) is 17.0. The fourth-order valence-electron chi connectivity index (χ4n) is 3.30. The van der Waals surface area contributed by atoms with Crippen LogP contribution in [0.5, 0.6) is 23.0 Å². The summed E-state index contributed by atoms with van der Waals surface area (Å²) in [6.45, 7) is 1.19. The number of ether oxygens (including phenoxy) is 5. The maximum Gasteiger partial charge on any atom is 0.252 e. The molecule has 0 unspecified atom stereocenters. The molecule has 0 saturated carbocycles. The van der Waals surface area contributed by atoms with Gasteiger partial charge >= 0.3 is 0 Å². The predicted molar refractivity (Wildman–Crippen MR) is 112 cm³/mol. The number of benzene rings is 2. The Bertz CT molecular complexity index is 1150. The van der Waals surface area contributed by atoms with Crippen molar-refractivity contribution in [2.45, 2.75) is 13.0 Å². The molecule has 0 spiro atoms. The third-order valence-electron chi connectivity index (χ3n) is 4.72. The van der Waals surface area contributed by atoms with E-state index in [-0.39, 0.29) is 19.1 Å². The smallest absolute Gasteiger partial charge is 0.252 e. The molecule has 2 aromatic carbocycles. The van der Waals surface area contributed by atoms with Crippen molar-refractivity contribution in [1.29, 1.82) is 0 Å². The first-order chi connectivity index (χ1) is 14.6. The number of aromatic nitrogens is 1. The zero-order valence-corrected chi connectivity index (χ0v) is 17.8. The molecule has 1 aliphatic rings. The Labute approximate surface area is 177 Å². The summed E-state index contributed by atoms with van der Waals surface area (Å²) in [5.41, 5.74) is 1.64. The van der Waals surface area contributed by atoms with Crippen molar-refractivity contribution in [1.82, 2.24) is 4.57 Å². The van der Waals surface area contributed by atoms with Gasteiger partial charge in [0.25, 0.3) is 5.91 Å². The highest BCUT2D eigenvalue weighted by Crippen LogP contribution is 2.35. The van der Waals surface area contributed by atoms with E-state index < -0.39 is 0 Å². The van der Waals surface area contributed by atoms with Crippen LogP contribution in [0.25, 0.3) is 10.2 Å². The number of fused-ring (bicyclic) bond motifs is 2. The third kappa shape index (κ3) is 3.86. The Kier molecular flexibility index (Phi) is 5.91. The van der Waals surface area contributed by atoms with Crippen LogP contribution in [0.1, 0.15) is 5.56 Å². The molecule has 0 fully saturated rings. The van der Waals surface area contributed by atoms with Gasteiger partial charge in [0.05, 0.1) is 27.2 Å². The lowest BCUT2D eigenvalue weighted by Crippen LogP contribution is -2.20. The van der Waals surface area contributed by atoms with E-state index in [0.717, 1.165) is 15.8 Å². The summed E-state index contributed by atoms with van der Waals surface area (Å²) in [6, 6.07) is 9.15. The highest BCUT2D eigenvalue weighted by molar-refractivity contribution is 7.16. The van der Waals surface area contributed by atoms with Crippen molar-refractivity contribution < 1.29 is 28.5 Å².